The Kier molecular flexibility index (Phi) is 6.19. The molecule has 0 aliphatic heterocycles. The molecule has 0 saturated carbocycles. The zero-order valence-corrected chi connectivity index (χ0v) is 10.7. The average molecular weight is 243 g/mol. The first kappa shape index (κ1) is 13.3. The van der Waals surface area contributed by atoms with Crippen molar-refractivity contribution in [2.45, 2.75) is 26.3 Å². The third-order valence-corrected chi connectivity index (χ3v) is 2.53. The van der Waals surface area contributed by atoms with Crippen LogP contribution in [0.1, 0.15) is 24.2 Å². The summed E-state index contributed by atoms with van der Waals surface area (Å²) in [4.78, 5) is 4.43. The van der Waals surface area contributed by atoms with Crippen LogP contribution in [0.2, 0.25) is 0 Å². The van der Waals surface area contributed by atoms with Crippen LogP contribution in [0, 0.1) is 6.92 Å². The van der Waals surface area contributed by atoms with Crippen molar-refractivity contribution >= 4 is 11.6 Å². The van der Waals surface area contributed by atoms with Crippen LogP contribution in [-0.4, -0.2) is 24.5 Å². The van der Waals surface area contributed by atoms with Crippen molar-refractivity contribution in [2.75, 3.05) is 19.5 Å². The van der Waals surface area contributed by atoms with Gasteiger partial charge in [0.15, 0.2) is 0 Å². The van der Waals surface area contributed by atoms with Gasteiger partial charge in [0.2, 0.25) is 0 Å². The molecule has 1 rings (SSSR count). The Bertz CT molecular complexity index is 318. The minimum atomic E-state index is 0.734. The van der Waals surface area contributed by atoms with Gasteiger partial charge in [0.1, 0.15) is 5.75 Å². The first-order chi connectivity index (χ1) is 7.76. The van der Waals surface area contributed by atoms with Gasteiger partial charge in [0.25, 0.3) is 0 Å². The van der Waals surface area contributed by atoms with Crippen LogP contribution in [0.25, 0.3) is 0 Å². The molecule has 0 fully saturated rings. The molecule has 0 unspecified atom stereocenters. The van der Waals surface area contributed by atoms with E-state index in [1.807, 2.05) is 19.1 Å². The second-order valence-electron chi connectivity index (χ2n) is 3.71. The minimum absolute atomic E-state index is 0.734. The number of nitrogens with zero attached hydrogens (tertiary/aromatic N) is 1. The normalized spacial score (nSPS) is 10.4. The molecule has 1 aromatic heterocycles. The van der Waals surface area contributed by atoms with Gasteiger partial charge in [-0.2, -0.15) is 0 Å². The lowest BCUT2D eigenvalue weighted by Crippen LogP contribution is -2.16. The van der Waals surface area contributed by atoms with E-state index in [1.165, 1.54) is 0 Å². The molecule has 0 bridgehead atoms. The van der Waals surface area contributed by atoms with Gasteiger partial charge in [-0.15, -0.1) is 11.6 Å². The summed E-state index contributed by atoms with van der Waals surface area (Å²) in [5.74, 6) is 1.60. The van der Waals surface area contributed by atoms with E-state index in [-0.39, 0.29) is 0 Å². The van der Waals surface area contributed by atoms with Gasteiger partial charge in [-0.1, -0.05) is 0 Å². The second-order valence-corrected chi connectivity index (χ2v) is 4.09. The SMILES string of the molecule is COc1cc(C)nc(CNCCCCCl)c1. The Balaban J connectivity index is 2.38. The molecular weight excluding hydrogens is 224 g/mol. The fourth-order valence-electron chi connectivity index (χ4n) is 1.47. The number of methoxy groups -OCH3 is 1. The first-order valence-electron chi connectivity index (χ1n) is 5.54. The molecule has 0 aromatic carbocycles. The summed E-state index contributed by atoms with van der Waals surface area (Å²) in [5, 5.41) is 3.34. The van der Waals surface area contributed by atoms with Crippen molar-refractivity contribution in [3.63, 3.8) is 0 Å². The van der Waals surface area contributed by atoms with Gasteiger partial charge < -0.3 is 10.1 Å². The maximum Gasteiger partial charge on any atom is 0.122 e. The summed E-state index contributed by atoms with van der Waals surface area (Å²) in [7, 11) is 1.67. The molecule has 0 aliphatic carbocycles. The highest BCUT2D eigenvalue weighted by Crippen LogP contribution is 2.12. The summed E-state index contributed by atoms with van der Waals surface area (Å²) >= 11 is 5.60. The maximum absolute atomic E-state index is 5.60. The summed E-state index contributed by atoms with van der Waals surface area (Å²) < 4.78 is 5.20. The van der Waals surface area contributed by atoms with Crippen LogP contribution in [0.15, 0.2) is 12.1 Å². The predicted molar refractivity (Wildman–Crippen MR) is 67.2 cm³/mol. The zero-order chi connectivity index (χ0) is 11.8. The lowest BCUT2D eigenvalue weighted by molar-refractivity contribution is 0.412. The number of halogens is 1. The number of aryl methyl sites for hydroxylation is 1. The lowest BCUT2D eigenvalue weighted by Gasteiger charge is -2.07. The van der Waals surface area contributed by atoms with Crippen molar-refractivity contribution < 1.29 is 4.74 Å². The van der Waals surface area contributed by atoms with E-state index in [2.05, 4.69) is 10.3 Å². The molecule has 0 spiro atoms. The number of hydrogen-bond acceptors (Lipinski definition) is 3. The van der Waals surface area contributed by atoms with Crippen molar-refractivity contribution in [2.24, 2.45) is 0 Å². The Morgan fingerprint density at radius 1 is 1.38 bits per heavy atom. The van der Waals surface area contributed by atoms with Crippen LogP contribution in [-0.2, 0) is 6.54 Å². The van der Waals surface area contributed by atoms with Gasteiger partial charge in [0, 0.05) is 30.3 Å². The van der Waals surface area contributed by atoms with E-state index >= 15 is 0 Å². The molecule has 16 heavy (non-hydrogen) atoms. The van der Waals surface area contributed by atoms with Crippen molar-refractivity contribution in [1.29, 1.82) is 0 Å². The number of unbranched alkanes of at least 4 members (excludes halogenated alkanes) is 1. The largest absolute Gasteiger partial charge is 0.497 e. The standard InChI is InChI=1S/C12H19ClN2O/c1-10-7-12(16-2)8-11(15-10)9-14-6-4-3-5-13/h7-8,14H,3-6,9H2,1-2H3. The third-order valence-electron chi connectivity index (χ3n) is 2.26. The molecule has 0 amide bonds. The minimum Gasteiger partial charge on any atom is -0.497 e. The van der Waals surface area contributed by atoms with E-state index in [0.717, 1.165) is 48.9 Å². The predicted octanol–water partition coefficient (Wildman–Crippen LogP) is 2.51. The summed E-state index contributed by atoms with van der Waals surface area (Å²) in [6, 6.07) is 3.89. The van der Waals surface area contributed by atoms with Crippen LogP contribution < -0.4 is 10.1 Å². The van der Waals surface area contributed by atoms with Crippen LogP contribution in [0.5, 0.6) is 5.75 Å². The highest BCUT2D eigenvalue weighted by atomic mass is 35.5. The average Bonchev–Trinajstić information content (AvgIpc) is 2.28. The zero-order valence-electron chi connectivity index (χ0n) is 9.92. The van der Waals surface area contributed by atoms with E-state index in [4.69, 9.17) is 16.3 Å². The number of pyridine rings is 1. The van der Waals surface area contributed by atoms with Gasteiger partial charge in [-0.3, -0.25) is 4.98 Å². The fourth-order valence-corrected chi connectivity index (χ4v) is 1.66. The molecule has 4 heteroatoms. The molecule has 1 aromatic rings. The fraction of sp³-hybridized carbons (Fsp3) is 0.583. The Morgan fingerprint density at radius 3 is 2.88 bits per heavy atom. The molecule has 90 valence electrons. The van der Waals surface area contributed by atoms with Gasteiger partial charge in [-0.05, 0) is 26.3 Å². The molecule has 3 nitrogen and oxygen atoms in total. The molecule has 0 atom stereocenters. The Labute approximate surface area is 102 Å². The molecule has 0 radical (unpaired) electrons. The number of alkyl halides is 1. The summed E-state index contributed by atoms with van der Waals surface area (Å²) in [5.41, 5.74) is 2.00. The summed E-state index contributed by atoms with van der Waals surface area (Å²) in [6.07, 6.45) is 2.16. The van der Waals surface area contributed by atoms with Gasteiger partial charge in [-0.25, -0.2) is 0 Å². The number of nitrogens with one attached hydrogen (secondary N) is 1. The number of ether oxygens (including phenoxy) is 1. The molecule has 1 N–H and O–H groups in total. The lowest BCUT2D eigenvalue weighted by atomic mass is 10.3. The number of aromatic nitrogens is 1. The second kappa shape index (κ2) is 7.47. The highest BCUT2D eigenvalue weighted by molar-refractivity contribution is 6.17. The van der Waals surface area contributed by atoms with Crippen molar-refractivity contribution in [3.8, 4) is 5.75 Å². The molecular formula is C12H19ClN2O. The van der Waals surface area contributed by atoms with Crippen LogP contribution in [0.3, 0.4) is 0 Å². The smallest absolute Gasteiger partial charge is 0.122 e. The van der Waals surface area contributed by atoms with E-state index in [1.54, 1.807) is 7.11 Å². The third kappa shape index (κ3) is 4.81. The highest BCUT2D eigenvalue weighted by Gasteiger charge is 1.99. The molecule has 0 aliphatic rings. The quantitative estimate of drug-likeness (QED) is 0.589. The number of hydrogen-bond donors (Lipinski definition) is 1. The van der Waals surface area contributed by atoms with Gasteiger partial charge >= 0.3 is 0 Å². The Hall–Kier alpha value is -0.800. The number of rotatable bonds is 7. The summed E-state index contributed by atoms with van der Waals surface area (Å²) in [6.45, 7) is 3.73. The topological polar surface area (TPSA) is 34.1 Å². The van der Waals surface area contributed by atoms with E-state index in [0.29, 0.717) is 0 Å². The maximum atomic E-state index is 5.60. The van der Waals surface area contributed by atoms with E-state index < -0.39 is 0 Å². The molecule has 0 saturated heterocycles. The monoisotopic (exact) mass is 242 g/mol. The first-order valence-corrected chi connectivity index (χ1v) is 6.08. The van der Waals surface area contributed by atoms with Crippen molar-refractivity contribution in [1.82, 2.24) is 10.3 Å². The van der Waals surface area contributed by atoms with E-state index in [9.17, 15) is 0 Å². The van der Waals surface area contributed by atoms with Crippen LogP contribution in [0.4, 0.5) is 0 Å². The molecule has 1 heterocycles. The Morgan fingerprint density at radius 2 is 2.19 bits per heavy atom. The van der Waals surface area contributed by atoms with Crippen molar-refractivity contribution in [3.05, 3.63) is 23.5 Å². The van der Waals surface area contributed by atoms with Crippen LogP contribution >= 0.6 is 11.6 Å². The van der Waals surface area contributed by atoms with Gasteiger partial charge in [0.05, 0.1) is 12.8 Å².